The first-order chi connectivity index (χ1) is 13.0. The highest BCUT2D eigenvalue weighted by atomic mass is 16.4. The van der Waals surface area contributed by atoms with Gasteiger partial charge in [0.25, 0.3) is 0 Å². The first-order valence-electron chi connectivity index (χ1n) is 9.10. The predicted octanol–water partition coefficient (Wildman–Crippen LogP) is 0.718. The van der Waals surface area contributed by atoms with Crippen LogP contribution in [0.4, 0.5) is 4.79 Å². The molecule has 2 aromatic rings. The Balaban J connectivity index is 1.94. The van der Waals surface area contributed by atoms with E-state index in [-0.39, 0.29) is 11.8 Å². The van der Waals surface area contributed by atoms with Crippen LogP contribution in [0.25, 0.3) is 11.2 Å². The van der Waals surface area contributed by atoms with Gasteiger partial charge < -0.3 is 15.7 Å². The van der Waals surface area contributed by atoms with E-state index in [0.717, 1.165) is 12.1 Å². The number of nitrogens with zero attached hydrogens (tertiary/aromatic N) is 4. The second-order valence-corrected chi connectivity index (χ2v) is 7.31. The van der Waals surface area contributed by atoms with Crippen molar-refractivity contribution in [2.75, 3.05) is 19.6 Å². The average Bonchev–Trinajstić information content (AvgIpc) is 3.06. The largest absolute Gasteiger partial charge is 0.465 e. The molecule has 0 saturated carbocycles. The van der Waals surface area contributed by atoms with Gasteiger partial charge in [-0.3, -0.25) is 14.7 Å². The quantitative estimate of drug-likeness (QED) is 0.728. The van der Waals surface area contributed by atoms with Crippen LogP contribution in [0, 0.1) is 5.92 Å². The van der Waals surface area contributed by atoms with Gasteiger partial charge in [0, 0.05) is 37.2 Å². The standard InChI is InChI=1S/C18H22N6O3/c1-11-8-18(10-19-9-11,24(17(26)27)13-3-5-23-16(13)25)12-2-4-21-15-14(12)20-6-7-22-15/h2,4,6-7,11,13,19H,3,5,8-10H2,1H3,(H,23,25)(H,26,27)/t11-,13?,18-/m0/s1. The van der Waals surface area contributed by atoms with Gasteiger partial charge in [-0.25, -0.2) is 14.8 Å². The lowest BCUT2D eigenvalue weighted by Crippen LogP contribution is -2.63. The van der Waals surface area contributed by atoms with E-state index in [4.69, 9.17) is 0 Å². The fraction of sp³-hybridized carbons (Fsp3) is 0.500. The third kappa shape index (κ3) is 2.87. The summed E-state index contributed by atoms with van der Waals surface area (Å²) in [6.45, 7) is 3.75. The lowest BCUT2D eigenvalue weighted by atomic mass is 9.76. The van der Waals surface area contributed by atoms with Gasteiger partial charge >= 0.3 is 6.09 Å². The SMILES string of the molecule is C[C@@H]1CNC[C@@](c2ccnc3nccnc23)(N(C(=O)O)C2CCNC2=O)C1. The molecule has 2 aliphatic rings. The lowest BCUT2D eigenvalue weighted by molar-refractivity contribution is -0.126. The summed E-state index contributed by atoms with van der Waals surface area (Å²) in [6.07, 6.45) is 4.70. The molecular formula is C18H22N6O3. The first kappa shape index (κ1) is 17.6. The zero-order valence-corrected chi connectivity index (χ0v) is 15.1. The minimum absolute atomic E-state index is 0.227. The molecule has 0 radical (unpaired) electrons. The summed E-state index contributed by atoms with van der Waals surface area (Å²) in [5.74, 6) is -0.0237. The summed E-state index contributed by atoms with van der Waals surface area (Å²) in [7, 11) is 0. The molecule has 2 saturated heterocycles. The molecule has 0 aliphatic carbocycles. The van der Waals surface area contributed by atoms with Gasteiger partial charge in [-0.2, -0.15) is 0 Å². The van der Waals surface area contributed by atoms with Crippen molar-refractivity contribution in [3.05, 3.63) is 30.2 Å². The molecule has 142 valence electrons. The Morgan fingerprint density at radius 1 is 1.30 bits per heavy atom. The Kier molecular flexibility index (Phi) is 4.39. The molecule has 3 atom stereocenters. The van der Waals surface area contributed by atoms with E-state index in [2.05, 4.69) is 32.5 Å². The molecule has 9 heteroatoms. The van der Waals surface area contributed by atoms with E-state index in [0.29, 0.717) is 37.1 Å². The first-order valence-corrected chi connectivity index (χ1v) is 9.10. The number of rotatable bonds is 3. The summed E-state index contributed by atoms with van der Waals surface area (Å²) >= 11 is 0. The van der Waals surface area contributed by atoms with Crippen molar-refractivity contribution >= 4 is 23.2 Å². The van der Waals surface area contributed by atoms with Crippen LogP contribution in [0.2, 0.25) is 0 Å². The maximum atomic E-state index is 12.4. The van der Waals surface area contributed by atoms with Crippen molar-refractivity contribution in [1.29, 1.82) is 0 Å². The van der Waals surface area contributed by atoms with Gasteiger partial charge in [-0.15, -0.1) is 0 Å². The van der Waals surface area contributed by atoms with Crippen LogP contribution in [-0.2, 0) is 10.3 Å². The second kappa shape index (κ2) is 6.73. The van der Waals surface area contributed by atoms with Crippen molar-refractivity contribution in [2.45, 2.75) is 31.3 Å². The Morgan fingerprint density at radius 3 is 2.78 bits per heavy atom. The van der Waals surface area contributed by atoms with Crippen molar-refractivity contribution in [1.82, 2.24) is 30.5 Å². The van der Waals surface area contributed by atoms with Gasteiger partial charge in [0.15, 0.2) is 5.65 Å². The van der Waals surface area contributed by atoms with Gasteiger partial charge in [0.2, 0.25) is 5.91 Å². The minimum atomic E-state index is -1.11. The average molecular weight is 370 g/mol. The summed E-state index contributed by atoms with van der Waals surface area (Å²) < 4.78 is 0. The van der Waals surface area contributed by atoms with Crippen LogP contribution in [0.1, 0.15) is 25.3 Å². The Labute approximate surface area is 156 Å². The number of carboxylic acid groups (broad SMARTS) is 1. The number of piperidine rings is 1. The Bertz CT molecular complexity index is 885. The summed E-state index contributed by atoms with van der Waals surface area (Å²) in [5, 5.41) is 16.3. The highest BCUT2D eigenvalue weighted by Gasteiger charge is 2.51. The molecule has 0 bridgehead atoms. The van der Waals surface area contributed by atoms with Crippen molar-refractivity contribution < 1.29 is 14.7 Å². The second-order valence-electron chi connectivity index (χ2n) is 7.31. The monoisotopic (exact) mass is 370 g/mol. The van der Waals surface area contributed by atoms with Crippen molar-refractivity contribution in [2.24, 2.45) is 5.92 Å². The van der Waals surface area contributed by atoms with Gasteiger partial charge in [0.1, 0.15) is 11.6 Å². The molecule has 2 fully saturated rings. The third-order valence-corrected chi connectivity index (χ3v) is 5.47. The number of hydrogen-bond acceptors (Lipinski definition) is 6. The molecule has 3 N–H and O–H groups in total. The lowest BCUT2D eigenvalue weighted by Gasteiger charge is -2.49. The minimum Gasteiger partial charge on any atom is -0.465 e. The molecule has 0 spiro atoms. The molecule has 2 aliphatic heterocycles. The molecule has 1 unspecified atom stereocenters. The molecule has 27 heavy (non-hydrogen) atoms. The number of carbonyl (C=O) groups is 2. The van der Waals surface area contributed by atoms with Crippen LogP contribution < -0.4 is 10.6 Å². The highest BCUT2D eigenvalue weighted by molar-refractivity contribution is 5.88. The van der Waals surface area contributed by atoms with Gasteiger partial charge in [-0.1, -0.05) is 6.92 Å². The molecular weight excluding hydrogens is 348 g/mol. The fourth-order valence-corrected chi connectivity index (χ4v) is 4.46. The van der Waals surface area contributed by atoms with Gasteiger partial charge in [-0.05, 0) is 31.4 Å². The van der Waals surface area contributed by atoms with Crippen molar-refractivity contribution in [3.8, 4) is 0 Å². The number of aromatic nitrogens is 3. The van der Waals surface area contributed by atoms with Gasteiger partial charge in [0.05, 0.1) is 5.54 Å². The predicted molar refractivity (Wildman–Crippen MR) is 96.9 cm³/mol. The normalized spacial score (nSPS) is 28.1. The summed E-state index contributed by atoms with van der Waals surface area (Å²) in [4.78, 5) is 39.1. The van der Waals surface area contributed by atoms with E-state index in [1.165, 1.54) is 4.90 Å². The number of pyridine rings is 1. The zero-order valence-electron chi connectivity index (χ0n) is 15.1. The Hall–Kier alpha value is -2.81. The van der Waals surface area contributed by atoms with Crippen LogP contribution >= 0.6 is 0 Å². The van der Waals surface area contributed by atoms with E-state index in [9.17, 15) is 14.7 Å². The number of carbonyl (C=O) groups excluding carboxylic acids is 1. The number of hydrogen-bond donors (Lipinski definition) is 3. The number of fused-ring (bicyclic) bond motifs is 1. The molecule has 2 aromatic heterocycles. The molecule has 0 aromatic carbocycles. The maximum Gasteiger partial charge on any atom is 0.408 e. The van der Waals surface area contributed by atoms with Crippen LogP contribution in [0.3, 0.4) is 0 Å². The van der Waals surface area contributed by atoms with Crippen molar-refractivity contribution in [3.63, 3.8) is 0 Å². The van der Waals surface area contributed by atoms with Crippen LogP contribution in [0.15, 0.2) is 24.7 Å². The molecule has 9 nitrogen and oxygen atoms in total. The molecule has 4 heterocycles. The third-order valence-electron chi connectivity index (χ3n) is 5.47. The summed E-state index contributed by atoms with van der Waals surface area (Å²) in [5.41, 5.74) is 0.851. The van der Waals surface area contributed by atoms with E-state index in [1.807, 2.05) is 0 Å². The molecule has 4 rings (SSSR count). The van der Waals surface area contributed by atoms with E-state index in [1.54, 1.807) is 24.7 Å². The van der Waals surface area contributed by atoms with E-state index < -0.39 is 17.7 Å². The van der Waals surface area contributed by atoms with Crippen LogP contribution in [-0.4, -0.2) is 62.6 Å². The smallest absolute Gasteiger partial charge is 0.408 e. The summed E-state index contributed by atoms with van der Waals surface area (Å²) in [6, 6.07) is 1.08. The number of amides is 2. The number of nitrogens with one attached hydrogen (secondary N) is 2. The fourth-order valence-electron chi connectivity index (χ4n) is 4.46. The Morgan fingerprint density at radius 2 is 2.07 bits per heavy atom. The van der Waals surface area contributed by atoms with E-state index >= 15 is 0 Å². The zero-order chi connectivity index (χ0) is 19.0. The highest BCUT2D eigenvalue weighted by Crippen LogP contribution is 2.41. The topological polar surface area (TPSA) is 120 Å². The maximum absolute atomic E-state index is 12.4. The molecule has 2 amide bonds. The van der Waals surface area contributed by atoms with Crippen LogP contribution in [0.5, 0.6) is 0 Å².